The Morgan fingerprint density at radius 3 is 2.50 bits per heavy atom. The van der Waals surface area contributed by atoms with Crippen molar-refractivity contribution < 1.29 is 9.18 Å². The second-order valence-corrected chi connectivity index (χ2v) is 6.60. The molecular formula is C18H17BrFNO. The normalized spacial score (nSPS) is 13.9. The summed E-state index contributed by atoms with van der Waals surface area (Å²) in [5.41, 5.74) is 1.97. The Labute approximate surface area is 138 Å². The molecule has 0 unspecified atom stereocenters. The highest BCUT2D eigenvalue weighted by molar-refractivity contribution is 9.10. The van der Waals surface area contributed by atoms with Crippen LogP contribution in [0.1, 0.15) is 24.0 Å². The van der Waals surface area contributed by atoms with Gasteiger partial charge in [0, 0.05) is 17.1 Å². The molecule has 2 aromatic carbocycles. The molecule has 0 N–H and O–H groups in total. The lowest BCUT2D eigenvalue weighted by Gasteiger charge is -2.23. The highest BCUT2D eigenvalue weighted by atomic mass is 79.9. The zero-order valence-electron chi connectivity index (χ0n) is 12.1. The van der Waals surface area contributed by atoms with Gasteiger partial charge >= 0.3 is 0 Å². The monoisotopic (exact) mass is 361 g/mol. The van der Waals surface area contributed by atoms with Crippen LogP contribution in [0.3, 0.4) is 0 Å². The Morgan fingerprint density at radius 1 is 1.14 bits per heavy atom. The van der Waals surface area contributed by atoms with Crippen molar-refractivity contribution >= 4 is 21.8 Å². The first-order valence-electron chi connectivity index (χ1n) is 7.40. The molecule has 4 heteroatoms. The van der Waals surface area contributed by atoms with E-state index in [1.54, 1.807) is 12.1 Å². The van der Waals surface area contributed by atoms with Gasteiger partial charge in [0.1, 0.15) is 5.82 Å². The molecule has 0 spiro atoms. The second kappa shape index (κ2) is 6.61. The van der Waals surface area contributed by atoms with Crippen molar-refractivity contribution in [2.45, 2.75) is 31.8 Å². The van der Waals surface area contributed by atoms with E-state index in [1.165, 1.54) is 12.1 Å². The van der Waals surface area contributed by atoms with Gasteiger partial charge in [-0.05, 0) is 48.2 Å². The number of hydrogen-bond acceptors (Lipinski definition) is 1. The quantitative estimate of drug-likeness (QED) is 0.776. The van der Waals surface area contributed by atoms with Gasteiger partial charge in [-0.1, -0.05) is 40.2 Å². The molecule has 0 heterocycles. The average molecular weight is 362 g/mol. The molecule has 2 aromatic rings. The average Bonchev–Trinajstić information content (AvgIpc) is 3.32. The molecule has 0 aliphatic heterocycles. The fourth-order valence-electron chi connectivity index (χ4n) is 2.52. The summed E-state index contributed by atoms with van der Waals surface area (Å²) in [5.74, 6) is -0.168. The van der Waals surface area contributed by atoms with Gasteiger partial charge in [0.2, 0.25) is 5.91 Å². The van der Waals surface area contributed by atoms with E-state index in [2.05, 4.69) is 15.9 Å². The Morgan fingerprint density at radius 2 is 1.86 bits per heavy atom. The van der Waals surface area contributed by atoms with Crippen molar-refractivity contribution in [1.82, 2.24) is 4.90 Å². The zero-order valence-corrected chi connectivity index (χ0v) is 13.7. The molecular weight excluding hydrogens is 345 g/mol. The van der Waals surface area contributed by atoms with Crippen LogP contribution >= 0.6 is 15.9 Å². The summed E-state index contributed by atoms with van der Waals surface area (Å²) < 4.78 is 14.0. The van der Waals surface area contributed by atoms with Crippen LogP contribution in [0.5, 0.6) is 0 Å². The van der Waals surface area contributed by atoms with Crippen LogP contribution in [-0.2, 0) is 17.8 Å². The first-order chi connectivity index (χ1) is 10.6. The highest BCUT2D eigenvalue weighted by Crippen LogP contribution is 2.29. The van der Waals surface area contributed by atoms with Crippen LogP contribution in [0.25, 0.3) is 0 Å². The van der Waals surface area contributed by atoms with E-state index in [0.29, 0.717) is 19.0 Å². The fraction of sp³-hybridized carbons (Fsp3) is 0.278. The standard InChI is InChI=1S/C18H17BrFNO/c19-15-3-1-2-14(10-15)12-21(17-8-9-17)18(22)11-13-4-6-16(20)7-5-13/h1-7,10,17H,8-9,11-12H2. The molecule has 1 saturated carbocycles. The lowest BCUT2D eigenvalue weighted by atomic mass is 10.1. The minimum Gasteiger partial charge on any atom is -0.335 e. The van der Waals surface area contributed by atoms with Gasteiger partial charge in [-0.2, -0.15) is 0 Å². The van der Waals surface area contributed by atoms with Gasteiger partial charge in [-0.25, -0.2) is 4.39 Å². The van der Waals surface area contributed by atoms with Crippen LogP contribution in [0, 0.1) is 5.82 Å². The van der Waals surface area contributed by atoms with Crippen molar-refractivity contribution in [3.63, 3.8) is 0 Å². The maximum Gasteiger partial charge on any atom is 0.227 e. The van der Waals surface area contributed by atoms with E-state index in [1.807, 2.05) is 29.2 Å². The Hall–Kier alpha value is -1.68. The fourth-order valence-corrected chi connectivity index (χ4v) is 2.96. The summed E-state index contributed by atoms with van der Waals surface area (Å²) in [5, 5.41) is 0. The Bertz CT molecular complexity index is 667. The molecule has 0 saturated heterocycles. The summed E-state index contributed by atoms with van der Waals surface area (Å²) >= 11 is 3.46. The summed E-state index contributed by atoms with van der Waals surface area (Å²) in [6.07, 6.45) is 2.47. The molecule has 114 valence electrons. The van der Waals surface area contributed by atoms with Crippen LogP contribution < -0.4 is 0 Å². The van der Waals surface area contributed by atoms with Crippen molar-refractivity contribution in [2.24, 2.45) is 0 Å². The Balaban J connectivity index is 1.70. The highest BCUT2D eigenvalue weighted by Gasteiger charge is 2.32. The first kappa shape index (κ1) is 15.2. The first-order valence-corrected chi connectivity index (χ1v) is 8.19. The van der Waals surface area contributed by atoms with Gasteiger partial charge in [0.15, 0.2) is 0 Å². The number of hydrogen-bond donors (Lipinski definition) is 0. The molecule has 2 nitrogen and oxygen atoms in total. The van der Waals surface area contributed by atoms with Gasteiger partial charge in [0.25, 0.3) is 0 Å². The summed E-state index contributed by atoms with van der Waals surface area (Å²) in [6.45, 7) is 0.629. The van der Waals surface area contributed by atoms with Crippen molar-refractivity contribution in [3.8, 4) is 0 Å². The molecule has 1 aliphatic carbocycles. The third-order valence-electron chi connectivity index (χ3n) is 3.82. The number of amides is 1. The molecule has 1 fully saturated rings. The molecule has 0 atom stereocenters. The summed E-state index contributed by atoms with van der Waals surface area (Å²) in [7, 11) is 0. The van der Waals surface area contributed by atoms with Crippen molar-refractivity contribution in [3.05, 3.63) is 69.9 Å². The number of halogens is 2. The minimum absolute atomic E-state index is 0.106. The predicted molar refractivity (Wildman–Crippen MR) is 87.8 cm³/mol. The number of benzene rings is 2. The van der Waals surface area contributed by atoms with Crippen LogP contribution in [-0.4, -0.2) is 16.8 Å². The number of rotatable bonds is 5. The van der Waals surface area contributed by atoms with Crippen LogP contribution in [0.15, 0.2) is 53.0 Å². The largest absolute Gasteiger partial charge is 0.335 e. The van der Waals surface area contributed by atoms with Gasteiger partial charge < -0.3 is 4.90 Å². The van der Waals surface area contributed by atoms with E-state index >= 15 is 0 Å². The summed E-state index contributed by atoms with van der Waals surface area (Å²) in [4.78, 5) is 14.5. The van der Waals surface area contributed by atoms with Crippen LogP contribution in [0.2, 0.25) is 0 Å². The van der Waals surface area contributed by atoms with E-state index in [0.717, 1.165) is 28.4 Å². The Kier molecular flexibility index (Phi) is 4.57. The van der Waals surface area contributed by atoms with Crippen LogP contribution in [0.4, 0.5) is 4.39 Å². The minimum atomic E-state index is -0.274. The molecule has 22 heavy (non-hydrogen) atoms. The predicted octanol–water partition coefficient (Wildman–Crippen LogP) is 4.32. The van der Waals surface area contributed by atoms with Gasteiger partial charge in [0.05, 0.1) is 6.42 Å². The lowest BCUT2D eigenvalue weighted by Crippen LogP contribution is -2.33. The van der Waals surface area contributed by atoms with E-state index in [-0.39, 0.29) is 11.7 Å². The molecule has 0 aromatic heterocycles. The number of carbonyl (C=O) groups excluding carboxylic acids is 1. The van der Waals surface area contributed by atoms with Crippen molar-refractivity contribution in [1.29, 1.82) is 0 Å². The molecule has 0 radical (unpaired) electrons. The van der Waals surface area contributed by atoms with Crippen molar-refractivity contribution in [2.75, 3.05) is 0 Å². The topological polar surface area (TPSA) is 20.3 Å². The third-order valence-corrected chi connectivity index (χ3v) is 4.31. The molecule has 1 amide bonds. The number of carbonyl (C=O) groups is 1. The number of nitrogens with zero attached hydrogens (tertiary/aromatic N) is 1. The molecule has 0 bridgehead atoms. The van der Waals surface area contributed by atoms with E-state index in [4.69, 9.17) is 0 Å². The smallest absolute Gasteiger partial charge is 0.227 e. The maximum atomic E-state index is 12.9. The lowest BCUT2D eigenvalue weighted by molar-refractivity contribution is -0.131. The molecule has 1 aliphatic rings. The van der Waals surface area contributed by atoms with E-state index in [9.17, 15) is 9.18 Å². The maximum absolute atomic E-state index is 12.9. The van der Waals surface area contributed by atoms with Gasteiger partial charge in [-0.3, -0.25) is 4.79 Å². The van der Waals surface area contributed by atoms with E-state index < -0.39 is 0 Å². The molecule has 3 rings (SSSR count). The summed E-state index contributed by atoms with van der Waals surface area (Å²) in [6, 6.07) is 14.5. The second-order valence-electron chi connectivity index (χ2n) is 5.69. The van der Waals surface area contributed by atoms with Gasteiger partial charge in [-0.15, -0.1) is 0 Å². The zero-order chi connectivity index (χ0) is 15.5. The third kappa shape index (κ3) is 3.95. The SMILES string of the molecule is O=C(Cc1ccc(F)cc1)N(Cc1cccc(Br)c1)C1CC1.